The lowest BCUT2D eigenvalue weighted by Crippen LogP contribution is -2.18. The zero-order chi connectivity index (χ0) is 15.2. The van der Waals surface area contributed by atoms with E-state index in [0.717, 1.165) is 11.1 Å². The van der Waals surface area contributed by atoms with Crippen molar-refractivity contribution < 1.29 is 8.78 Å². The Balaban J connectivity index is 1.98. The summed E-state index contributed by atoms with van der Waals surface area (Å²) in [4.78, 5) is 0. The molecule has 2 aromatic rings. The summed E-state index contributed by atoms with van der Waals surface area (Å²) in [7, 11) is 0. The molecule has 0 radical (unpaired) electrons. The predicted molar refractivity (Wildman–Crippen MR) is 77.8 cm³/mol. The summed E-state index contributed by atoms with van der Waals surface area (Å²) in [6.45, 7) is 2.51. The number of alkyl halides is 2. The van der Waals surface area contributed by atoms with Gasteiger partial charge >= 0.3 is 0 Å². The van der Waals surface area contributed by atoms with E-state index in [1.165, 1.54) is 12.1 Å². The molecule has 2 nitrogen and oxygen atoms in total. The quantitative estimate of drug-likeness (QED) is 0.887. The third-order valence-corrected chi connectivity index (χ3v) is 3.36. The van der Waals surface area contributed by atoms with Gasteiger partial charge < -0.3 is 5.32 Å². The molecular weight excluding hydrogens is 270 g/mol. The normalized spacial score (nSPS) is 12.1. The van der Waals surface area contributed by atoms with Gasteiger partial charge in [-0.2, -0.15) is 5.26 Å². The van der Waals surface area contributed by atoms with Crippen LogP contribution in [0.5, 0.6) is 0 Å². The second kappa shape index (κ2) is 6.96. The molecule has 0 aromatic heterocycles. The molecule has 0 spiro atoms. The topological polar surface area (TPSA) is 35.8 Å². The first-order valence-corrected chi connectivity index (χ1v) is 6.70. The maximum Gasteiger partial charge on any atom is 0.263 e. The average molecular weight is 286 g/mol. The number of rotatable bonds is 5. The van der Waals surface area contributed by atoms with Crippen LogP contribution in [0.2, 0.25) is 0 Å². The van der Waals surface area contributed by atoms with Crippen LogP contribution in [-0.2, 0) is 6.54 Å². The lowest BCUT2D eigenvalue weighted by atomic mass is 10.1. The fourth-order valence-electron chi connectivity index (χ4n) is 2.07. The Morgan fingerprint density at radius 3 is 2.43 bits per heavy atom. The van der Waals surface area contributed by atoms with E-state index < -0.39 is 6.43 Å². The van der Waals surface area contributed by atoms with Gasteiger partial charge in [0.1, 0.15) is 0 Å². The van der Waals surface area contributed by atoms with Gasteiger partial charge in [0.25, 0.3) is 6.43 Å². The van der Waals surface area contributed by atoms with E-state index in [-0.39, 0.29) is 11.6 Å². The molecule has 0 saturated carbocycles. The van der Waals surface area contributed by atoms with E-state index >= 15 is 0 Å². The van der Waals surface area contributed by atoms with Gasteiger partial charge in [-0.3, -0.25) is 0 Å². The molecule has 0 aliphatic carbocycles. The second-order valence-electron chi connectivity index (χ2n) is 4.88. The maximum absolute atomic E-state index is 12.6. The predicted octanol–water partition coefficient (Wildman–Crippen LogP) is 4.35. The molecule has 2 aromatic carbocycles. The van der Waals surface area contributed by atoms with Crippen LogP contribution >= 0.6 is 0 Å². The molecule has 0 aliphatic rings. The molecule has 0 fully saturated rings. The minimum absolute atomic E-state index is 0.0420. The average Bonchev–Trinajstić information content (AvgIpc) is 2.53. The van der Waals surface area contributed by atoms with E-state index in [1.807, 2.05) is 25.1 Å². The third kappa shape index (κ3) is 4.11. The summed E-state index contributed by atoms with van der Waals surface area (Å²) in [5, 5.41) is 12.1. The Bertz CT molecular complexity index is 630. The molecule has 2 rings (SSSR count). The Labute approximate surface area is 123 Å². The molecule has 0 bridgehead atoms. The fraction of sp³-hybridized carbons (Fsp3) is 0.235. The summed E-state index contributed by atoms with van der Waals surface area (Å²) < 4.78 is 25.3. The van der Waals surface area contributed by atoms with E-state index in [2.05, 4.69) is 11.4 Å². The van der Waals surface area contributed by atoms with Crippen LogP contribution in [0, 0.1) is 11.3 Å². The molecular formula is C17H16F2N2. The van der Waals surface area contributed by atoms with Gasteiger partial charge in [-0.25, -0.2) is 8.78 Å². The Hall–Kier alpha value is -2.25. The van der Waals surface area contributed by atoms with Crippen LogP contribution in [0.1, 0.15) is 41.6 Å². The lowest BCUT2D eigenvalue weighted by Gasteiger charge is -2.15. The first kappa shape index (κ1) is 15.1. The van der Waals surface area contributed by atoms with Crippen molar-refractivity contribution >= 4 is 0 Å². The van der Waals surface area contributed by atoms with Crippen molar-refractivity contribution in [2.24, 2.45) is 0 Å². The summed E-state index contributed by atoms with van der Waals surface area (Å²) >= 11 is 0. The summed E-state index contributed by atoms with van der Waals surface area (Å²) in [6, 6.07) is 15.9. The lowest BCUT2D eigenvalue weighted by molar-refractivity contribution is 0.151. The van der Waals surface area contributed by atoms with E-state index in [9.17, 15) is 8.78 Å². The highest BCUT2D eigenvalue weighted by Crippen LogP contribution is 2.20. The number of benzene rings is 2. The molecule has 0 saturated heterocycles. The smallest absolute Gasteiger partial charge is 0.263 e. The standard InChI is InChI=1S/C17H16F2N2/c1-12(15-7-5-13(10-20)6-8-15)21-11-14-3-2-4-16(9-14)17(18)19/h2-9,12,17,21H,11H2,1H3. The van der Waals surface area contributed by atoms with Crippen LogP contribution in [0.4, 0.5) is 8.78 Å². The van der Waals surface area contributed by atoms with Crippen molar-refractivity contribution in [2.45, 2.75) is 25.9 Å². The third-order valence-electron chi connectivity index (χ3n) is 3.36. The zero-order valence-electron chi connectivity index (χ0n) is 11.7. The highest BCUT2D eigenvalue weighted by Gasteiger charge is 2.08. The van der Waals surface area contributed by atoms with Crippen molar-refractivity contribution in [1.82, 2.24) is 5.32 Å². The first-order valence-electron chi connectivity index (χ1n) is 6.70. The monoisotopic (exact) mass is 286 g/mol. The fourth-order valence-corrected chi connectivity index (χ4v) is 2.07. The molecule has 4 heteroatoms. The number of nitriles is 1. The number of halogens is 2. The molecule has 21 heavy (non-hydrogen) atoms. The highest BCUT2D eigenvalue weighted by atomic mass is 19.3. The van der Waals surface area contributed by atoms with Crippen LogP contribution in [0.15, 0.2) is 48.5 Å². The minimum atomic E-state index is -2.44. The Morgan fingerprint density at radius 1 is 1.10 bits per heavy atom. The Kier molecular flexibility index (Phi) is 5.02. The van der Waals surface area contributed by atoms with Crippen LogP contribution in [0.3, 0.4) is 0 Å². The molecule has 1 unspecified atom stereocenters. The Morgan fingerprint density at radius 2 is 1.81 bits per heavy atom. The van der Waals surface area contributed by atoms with E-state index in [0.29, 0.717) is 12.1 Å². The summed E-state index contributed by atoms with van der Waals surface area (Å²) in [5.74, 6) is 0. The second-order valence-corrected chi connectivity index (χ2v) is 4.88. The molecule has 108 valence electrons. The number of nitrogens with zero attached hydrogens (tertiary/aromatic N) is 1. The van der Waals surface area contributed by atoms with Gasteiger partial charge in [0.05, 0.1) is 11.6 Å². The van der Waals surface area contributed by atoms with E-state index in [1.54, 1.807) is 18.2 Å². The number of hydrogen-bond acceptors (Lipinski definition) is 2. The van der Waals surface area contributed by atoms with Gasteiger partial charge in [0, 0.05) is 18.2 Å². The van der Waals surface area contributed by atoms with Gasteiger partial charge in [-0.15, -0.1) is 0 Å². The van der Waals surface area contributed by atoms with Crippen LogP contribution in [-0.4, -0.2) is 0 Å². The highest BCUT2D eigenvalue weighted by molar-refractivity contribution is 5.32. The van der Waals surface area contributed by atoms with Crippen molar-refractivity contribution in [1.29, 1.82) is 5.26 Å². The molecule has 0 amide bonds. The number of nitrogens with one attached hydrogen (secondary N) is 1. The van der Waals surface area contributed by atoms with Gasteiger partial charge in [0.15, 0.2) is 0 Å². The summed E-state index contributed by atoms with van der Waals surface area (Å²) in [6.07, 6.45) is -2.44. The van der Waals surface area contributed by atoms with Crippen molar-refractivity contribution in [3.8, 4) is 6.07 Å². The zero-order valence-corrected chi connectivity index (χ0v) is 11.7. The SMILES string of the molecule is CC(NCc1cccc(C(F)F)c1)c1ccc(C#N)cc1. The van der Waals surface area contributed by atoms with Gasteiger partial charge in [-0.1, -0.05) is 30.3 Å². The van der Waals surface area contributed by atoms with Gasteiger partial charge in [0.2, 0.25) is 0 Å². The van der Waals surface area contributed by atoms with Crippen LogP contribution in [0.25, 0.3) is 0 Å². The molecule has 1 N–H and O–H groups in total. The molecule has 0 heterocycles. The largest absolute Gasteiger partial charge is 0.306 e. The van der Waals surface area contributed by atoms with Crippen molar-refractivity contribution in [3.63, 3.8) is 0 Å². The first-order chi connectivity index (χ1) is 10.1. The maximum atomic E-state index is 12.6. The van der Waals surface area contributed by atoms with Crippen LogP contribution < -0.4 is 5.32 Å². The molecule has 0 aliphatic heterocycles. The summed E-state index contributed by atoms with van der Waals surface area (Å²) in [5.41, 5.74) is 2.54. The van der Waals surface area contributed by atoms with E-state index in [4.69, 9.17) is 5.26 Å². The van der Waals surface area contributed by atoms with Crippen molar-refractivity contribution in [2.75, 3.05) is 0 Å². The number of hydrogen-bond donors (Lipinski definition) is 1. The van der Waals surface area contributed by atoms with Crippen molar-refractivity contribution in [3.05, 3.63) is 70.8 Å². The van der Waals surface area contributed by atoms with Gasteiger partial charge in [-0.05, 0) is 36.2 Å². The molecule has 1 atom stereocenters. The minimum Gasteiger partial charge on any atom is -0.306 e.